The molecule has 0 aliphatic rings. The summed E-state index contributed by atoms with van der Waals surface area (Å²) in [7, 11) is -3.34. The molecule has 106 valence electrons. The van der Waals surface area contributed by atoms with Crippen molar-refractivity contribution in [3.63, 3.8) is 0 Å². The standard InChI is InChI=1S/C14H15BrN2O2S/c15-11-13-2-1-3-14(10-13)17-20(18,19)9-6-12-4-7-16-8-5-12/h1-5,7-8,10,17H,6,9,11H2. The molecule has 6 heteroatoms. The van der Waals surface area contributed by atoms with Gasteiger partial charge in [0.1, 0.15) is 0 Å². The second kappa shape index (κ2) is 6.85. The molecular formula is C14H15BrN2O2S. The van der Waals surface area contributed by atoms with Crippen LogP contribution in [0, 0.1) is 0 Å². The van der Waals surface area contributed by atoms with E-state index >= 15 is 0 Å². The lowest BCUT2D eigenvalue weighted by Crippen LogP contribution is -2.18. The molecule has 0 amide bonds. The summed E-state index contributed by atoms with van der Waals surface area (Å²) in [5.41, 5.74) is 2.58. The molecule has 0 unspecified atom stereocenters. The molecule has 0 aliphatic carbocycles. The minimum atomic E-state index is -3.34. The molecule has 0 fully saturated rings. The number of nitrogens with one attached hydrogen (secondary N) is 1. The monoisotopic (exact) mass is 354 g/mol. The first kappa shape index (κ1) is 15.0. The van der Waals surface area contributed by atoms with E-state index in [0.717, 1.165) is 11.1 Å². The van der Waals surface area contributed by atoms with Crippen LogP contribution in [0.1, 0.15) is 11.1 Å². The van der Waals surface area contributed by atoms with Gasteiger partial charge >= 0.3 is 0 Å². The van der Waals surface area contributed by atoms with Crippen molar-refractivity contribution in [2.45, 2.75) is 11.8 Å². The number of rotatable bonds is 6. The Balaban J connectivity index is 2.00. The Morgan fingerprint density at radius 1 is 1.10 bits per heavy atom. The lowest BCUT2D eigenvalue weighted by atomic mass is 10.2. The van der Waals surface area contributed by atoms with Crippen LogP contribution in [0.25, 0.3) is 0 Å². The summed E-state index contributed by atoms with van der Waals surface area (Å²) in [5, 5.41) is 0.694. The molecule has 0 saturated carbocycles. The zero-order valence-corrected chi connectivity index (χ0v) is 13.2. The molecule has 1 aromatic carbocycles. The van der Waals surface area contributed by atoms with E-state index in [0.29, 0.717) is 17.4 Å². The second-order valence-corrected chi connectivity index (χ2v) is 6.76. The zero-order valence-electron chi connectivity index (χ0n) is 10.8. The Hall–Kier alpha value is -1.40. The molecule has 0 radical (unpaired) electrons. The molecule has 2 aromatic rings. The van der Waals surface area contributed by atoms with Gasteiger partial charge in [-0.2, -0.15) is 0 Å². The number of hydrogen-bond donors (Lipinski definition) is 1. The van der Waals surface area contributed by atoms with Crippen molar-refractivity contribution in [3.8, 4) is 0 Å². The molecule has 2 rings (SSSR count). The van der Waals surface area contributed by atoms with Crippen molar-refractivity contribution in [1.29, 1.82) is 0 Å². The Labute approximate surface area is 127 Å². The van der Waals surface area contributed by atoms with Crippen LogP contribution in [0.5, 0.6) is 0 Å². The normalized spacial score (nSPS) is 11.2. The van der Waals surface area contributed by atoms with Crippen LogP contribution in [-0.2, 0) is 21.8 Å². The van der Waals surface area contributed by atoms with Crippen LogP contribution in [0.2, 0.25) is 0 Å². The average molecular weight is 355 g/mol. The molecule has 20 heavy (non-hydrogen) atoms. The van der Waals surface area contributed by atoms with Gasteiger partial charge in [0.25, 0.3) is 0 Å². The maximum Gasteiger partial charge on any atom is 0.233 e. The maximum atomic E-state index is 12.0. The number of hydrogen-bond acceptors (Lipinski definition) is 3. The van der Waals surface area contributed by atoms with Crippen molar-refractivity contribution in [2.75, 3.05) is 10.5 Å². The van der Waals surface area contributed by atoms with E-state index in [1.807, 2.05) is 30.3 Å². The van der Waals surface area contributed by atoms with E-state index in [9.17, 15) is 8.42 Å². The third-order valence-electron chi connectivity index (χ3n) is 2.76. The zero-order chi connectivity index (χ0) is 14.4. The minimum Gasteiger partial charge on any atom is -0.284 e. The van der Waals surface area contributed by atoms with E-state index in [2.05, 4.69) is 25.6 Å². The van der Waals surface area contributed by atoms with E-state index in [4.69, 9.17) is 0 Å². The van der Waals surface area contributed by atoms with Gasteiger partial charge in [0.05, 0.1) is 5.75 Å². The van der Waals surface area contributed by atoms with Crippen molar-refractivity contribution in [3.05, 3.63) is 59.9 Å². The van der Waals surface area contributed by atoms with Crippen LogP contribution >= 0.6 is 15.9 Å². The molecule has 4 nitrogen and oxygen atoms in total. The number of benzene rings is 1. The summed E-state index contributed by atoms with van der Waals surface area (Å²) in [5.74, 6) is 0.0511. The average Bonchev–Trinajstić information content (AvgIpc) is 2.46. The van der Waals surface area contributed by atoms with Crippen LogP contribution in [0.4, 0.5) is 5.69 Å². The van der Waals surface area contributed by atoms with Gasteiger partial charge in [-0.15, -0.1) is 0 Å². The van der Waals surface area contributed by atoms with Crippen molar-refractivity contribution < 1.29 is 8.42 Å². The highest BCUT2D eigenvalue weighted by Crippen LogP contribution is 2.15. The van der Waals surface area contributed by atoms with Crippen molar-refractivity contribution >= 4 is 31.6 Å². The molecule has 1 N–H and O–H groups in total. The second-order valence-electron chi connectivity index (χ2n) is 4.36. The number of pyridine rings is 1. The molecule has 0 saturated heterocycles. The smallest absolute Gasteiger partial charge is 0.233 e. The fourth-order valence-electron chi connectivity index (χ4n) is 1.75. The van der Waals surface area contributed by atoms with Gasteiger partial charge in [0.15, 0.2) is 0 Å². The molecule has 0 spiro atoms. The number of aromatic nitrogens is 1. The van der Waals surface area contributed by atoms with E-state index in [1.54, 1.807) is 18.5 Å². The van der Waals surface area contributed by atoms with E-state index in [1.165, 1.54) is 0 Å². The molecule has 0 aliphatic heterocycles. The Kier molecular flexibility index (Phi) is 5.14. The van der Waals surface area contributed by atoms with Gasteiger partial charge in [0, 0.05) is 23.4 Å². The summed E-state index contributed by atoms with van der Waals surface area (Å²) in [6.07, 6.45) is 3.79. The minimum absolute atomic E-state index is 0.0511. The highest BCUT2D eigenvalue weighted by molar-refractivity contribution is 9.08. The third-order valence-corrected chi connectivity index (χ3v) is 4.70. The topological polar surface area (TPSA) is 59.1 Å². The Bertz CT molecular complexity index is 660. The molecule has 0 bridgehead atoms. The maximum absolute atomic E-state index is 12.0. The lowest BCUT2D eigenvalue weighted by Gasteiger charge is -2.09. The summed E-state index contributed by atoms with van der Waals surface area (Å²) < 4.78 is 26.7. The molecular weight excluding hydrogens is 340 g/mol. The number of anilines is 1. The molecule has 0 atom stereocenters. The van der Waals surface area contributed by atoms with Gasteiger partial charge in [0.2, 0.25) is 10.0 Å². The summed E-state index contributed by atoms with van der Waals surface area (Å²) >= 11 is 3.35. The highest BCUT2D eigenvalue weighted by Gasteiger charge is 2.10. The predicted molar refractivity (Wildman–Crippen MR) is 84.4 cm³/mol. The summed E-state index contributed by atoms with van der Waals surface area (Å²) in [6.45, 7) is 0. The molecule has 1 heterocycles. The van der Waals surface area contributed by atoms with Gasteiger partial charge in [-0.1, -0.05) is 28.1 Å². The Morgan fingerprint density at radius 2 is 1.85 bits per heavy atom. The van der Waals surface area contributed by atoms with Crippen LogP contribution in [0.3, 0.4) is 0 Å². The fourth-order valence-corrected chi connectivity index (χ4v) is 3.19. The van der Waals surface area contributed by atoms with Gasteiger partial charge in [-0.05, 0) is 41.8 Å². The van der Waals surface area contributed by atoms with Gasteiger partial charge in [-0.3, -0.25) is 9.71 Å². The number of aryl methyl sites for hydroxylation is 1. The van der Waals surface area contributed by atoms with Crippen LogP contribution < -0.4 is 4.72 Å². The third kappa shape index (κ3) is 4.61. The molecule has 1 aromatic heterocycles. The van der Waals surface area contributed by atoms with Gasteiger partial charge < -0.3 is 0 Å². The van der Waals surface area contributed by atoms with E-state index < -0.39 is 10.0 Å². The SMILES string of the molecule is O=S(=O)(CCc1ccncc1)Nc1cccc(CBr)c1. The summed E-state index contributed by atoms with van der Waals surface area (Å²) in [4.78, 5) is 3.91. The van der Waals surface area contributed by atoms with Crippen LogP contribution in [0.15, 0.2) is 48.8 Å². The van der Waals surface area contributed by atoms with Crippen molar-refractivity contribution in [1.82, 2.24) is 4.98 Å². The Morgan fingerprint density at radius 3 is 2.55 bits per heavy atom. The first-order chi connectivity index (χ1) is 9.59. The number of alkyl halides is 1. The fraction of sp³-hybridized carbons (Fsp3) is 0.214. The highest BCUT2D eigenvalue weighted by atomic mass is 79.9. The van der Waals surface area contributed by atoms with Gasteiger partial charge in [-0.25, -0.2) is 8.42 Å². The lowest BCUT2D eigenvalue weighted by molar-refractivity contribution is 0.600. The largest absolute Gasteiger partial charge is 0.284 e. The predicted octanol–water partition coefficient (Wildman–Crippen LogP) is 2.96. The first-order valence-electron chi connectivity index (χ1n) is 6.13. The summed E-state index contributed by atoms with van der Waals surface area (Å²) in [6, 6.07) is 11.0. The quantitative estimate of drug-likeness (QED) is 0.811. The van der Waals surface area contributed by atoms with Crippen molar-refractivity contribution in [2.24, 2.45) is 0 Å². The number of halogens is 1. The number of nitrogens with zero attached hydrogens (tertiary/aromatic N) is 1. The van der Waals surface area contributed by atoms with Crippen LogP contribution in [-0.4, -0.2) is 19.2 Å². The number of sulfonamides is 1. The van der Waals surface area contributed by atoms with E-state index in [-0.39, 0.29) is 5.75 Å². The first-order valence-corrected chi connectivity index (χ1v) is 8.91.